The van der Waals surface area contributed by atoms with Gasteiger partial charge in [-0.15, -0.1) is 0 Å². The maximum atomic E-state index is 13.0. The predicted octanol–water partition coefficient (Wildman–Crippen LogP) is 5.19. The van der Waals surface area contributed by atoms with E-state index in [0.29, 0.717) is 5.71 Å². The van der Waals surface area contributed by atoms with Crippen molar-refractivity contribution in [3.63, 3.8) is 0 Å². The van der Waals surface area contributed by atoms with Gasteiger partial charge < -0.3 is 0 Å². The summed E-state index contributed by atoms with van der Waals surface area (Å²) >= 11 is 6.05. The molecular formula is C21H19ClN4O4S. The third-order valence-electron chi connectivity index (χ3n) is 4.40. The van der Waals surface area contributed by atoms with Gasteiger partial charge in [-0.1, -0.05) is 53.6 Å². The summed E-state index contributed by atoms with van der Waals surface area (Å²) in [4.78, 5) is 10.2. The molecule has 8 nitrogen and oxygen atoms in total. The van der Waals surface area contributed by atoms with Crippen LogP contribution in [0.15, 0.2) is 76.7 Å². The molecule has 0 fully saturated rings. The van der Waals surface area contributed by atoms with E-state index in [9.17, 15) is 18.5 Å². The van der Waals surface area contributed by atoms with Gasteiger partial charge in [0.2, 0.25) is 0 Å². The number of para-hydroxylation sites is 1. The fraction of sp³-hybridized carbons (Fsp3) is 0.0952. The standard InChI is InChI=1S/C21H19ClN4O4S/c1-14-7-9-16(10-8-14)15(2)23-24-20-12-11-17(26(27)28)13-21(20)31(29,30)25-19-6-4-3-5-18(19)22/h3-13,24-25H,1-2H3. The number of aryl methyl sites for hydroxylation is 1. The highest BCUT2D eigenvalue weighted by molar-refractivity contribution is 7.93. The first kappa shape index (κ1) is 22.3. The first-order valence-electron chi connectivity index (χ1n) is 9.10. The zero-order valence-electron chi connectivity index (χ0n) is 16.7. The molecule has 0 spiro atoms. The van der Waals surface area contributed by atoms with Crippen LogP contribution in [0, 0.1) is 17.0 Å². The van der Waals surface area contributed by atoms with Crippen molar-refractivity contribution in [2.45, 2.75) is 18.7 Å². The number of halogens is 1. The predicted molar refractivity (Wildman–Crippen MR) is 122 cm³/mol. The molecule has 3 aromatic carbocycles. The van der Waals surface area contributed by atoms with Gasteiger partial charge >= 0.3 is 0 Å². The molecule has 0 bridgehead atoms. The van der Waals surface area contributed by atoms with Crippen molar-refractivity contribution in [2.24, 2.45) is 5.10 Å². The first-order valence-corrected chi connectivity index (χ1v) is 11.0. The molecule has 10 heteroatoms. The third-order valence-corrected chi connectivity index (χ3v) is 6.13. The Morgan fingerprint density at radius 3 is 2.35 bits per heavy atom. The number of nitrogens with one attached hydrogen (secondary N) is 2. The van der Waals surface area contributed by atoms with E-state index < -0.39 is 14.9 Å². The summed E-state index contributed by atoms with van der Waals surface area (Å²) in [5.41, 5.74) is 5.13. The monoisotopic (exact) mass is 458 g/mol. The number of nitro benzene ring substituents is 1. The second kappa shape index (κ2) is 9.15. The van der Waals surface area contributed by atoms with Crippen LogP contribution in [0.25, 0.3) is 0 Å². The average molecular weight is 459 g/mol. The topological polar surface area (TPSA) is 114 Å². The zero-order chi connectivity index (χ0) is 22.6. The summed E-state index contributed by atoms with van der Waals surface area (Å²) in [6, 6.07) is 17.4. The summed E-state index contributed by atoms with van der Waals surface area (Å²) in [7, 11) is -4.21. The molecule has 0 heterocycles. The van der Waals surface area contributed by atoms with Crippen LogP contribution in [0.3, 0.4) is 0 Å². The molecule has 0 unspecified atom stereocenters. The molecule has 3 aromatic rings. The Balaban J connectivity index is 1.99. The van der Waals surface area contributed by atoms with Gasteiger partial charge in [0.05, 0.1) is 27.0 Å². The number of non-ortho nitro benzene ring substituents is 1. The molecule has 160 valence electrons. The fourth-order valence-electron chi connectivity index (χ4n) is 2.69. The largest absolute Gasteiger partial charge is 0.278 e. The van der Waals surface area contributed by atoms with Crippen LogP contribution in [-0.4, -0.2) is 19.1 Å². The second-order valence-corrected chi connectivity index (χ2v) is 8.76. The smallest absolute Gasteiger partial charge is 0.270 e. The minimum Gasteiger partial charge on any atom is -0.278 e. The van der Waals surface area contributed by atoms with Crippen LogP contribution in [0.4, 0.5) is 17.1 Å². The molecule has 0 aromatic heterocycles. The van der Waals surface area contributed by atoms with Gasteiger partial charge in [0.1, 0.15) is 4.90 Å². The average Bonchev–Trinajstić information content (AvgIpc) is 2.74. The third kappa shape index (κ3) is 5.39. The van der Waals surface area contributed by atoms with Crippen LogP contribution < -0.4 is 10.1 Å². The molecular weight excluding hydrogens is 440 g/mol. The number of nitro groups is 1. The summed E-state index contributed by atoms with van der Waals surface area (Å²) in [6.07, 6.45) is 0. The van der Waals surface area contributed by atoms with Crippen molar-refractivity contribution < 1.29 is 13.3 Å². The molecule has 0 atom stereocenters. The summed E-state index contributed by atoms with van der Waals surface area (Å²) in [5, 5.41) is 15.6. The van der Waals surface area contributed by atoms with Gasteiger partial charge in [-0.3, -0.25) is 20.3 Å². The first-order chi connectivity index (χ1) is 14.7. The lowest BCUT2D eigenvalue weighted by Crippen LogP contribution is -2.15. The maximum Gasteiger partial charge on any atom is 0.270 e. The van der Waals surface area contributed by atoms with Gasteiger partial charge in [0.25, 0.3) is 15.7 Å². The van der Waals surface area contributed by atoms with Crippen molar-refractivity contribution >= 4 is 44.4 Å². The van der Waals surface area contributed by atoms with Crippen molar-refractivity contribution in [3.8, 4) is 0 Å². The SMILES string of the molecule is CC(=NNc1ccc([N+](=O)[O-])cc1S(=O)(=O)Nc1ccccc1Cl)c1ccc(C)cc1. The van der Waals surface area contributed by atoms with Gasteiger partial charge in [-0.05, 0) is 37.6 Å². The molecule has 0 saturated carbocycles. The number of rotatable bonds is 7. The Hall–Kier alpha value is -3.43. The molecule has 0 amide bonds. The molecule has 0 saturated heterocycles. The van der Waals surface area contributed by atoms with E-state index in [1.54, 1.807) is 19.1 Å². The number of hydrogen-bond acceptors (Lipinski definition) is 6. The Morgan fingerprint density at radius 1 is 1.03 bits per heavy atom. The van der Waals surface area contributed by atoms with E-state index in [1.807, 2.05) is 31.2 Å². The number of hydrogen-bond donors (Lipinski definition) is 2. The Bertz CT molecular complexity index is 1260. The molecule has 3 rings (SSSR count). The summed E-state index contributed by atoms with van der Waals surface area (Å²) < 4.78 is 28.4. The van der Waals surface area contributed by atoms with Crippen LogP contribution in [-0.2, 0) is 10.0 Å². The van der Waals surface area contributed by atoms with Gasteiger partial charge in [0.15, 0.2) is 0 Å². The van der Waals surface area contributed by atoms with Crippen molar-refractivity contribution in [1.29, 1.82) is 0 Å². The maximum absolute atomic E-state index is 13.0. The van der Waals surface area contributed by atoms with Gasteiger partial charge in [-0.25, -0.2) is 8.42 Å². The Kier molecular flexibility index (Phi) is 6.57. The van der Waals surface area contributed by atoms with Crippen LogP contribution in [0.1, 0.15) is 18.1 Å². The molecule has 0 aliphatic carbocycles. The fourth-order valence-corrected chi connectivity index (χ4v) is 4.18. The quantitative estimate of drug-likeness (QED) is 0.287. The number of nitrogens with zero attached hydrogens (tertiary/aromatic N) is 2. The van der Waals surface area contributed by atoms with Crippen LogP contribution in [0.5, 0.6) is 0 Å². The Labute approximate surface area is 184 Å². The van der Waals surface area contributed by atoms with Crippen LogP contribution >= 0.6 is 11.6 Å². The van der Waals surface area contributed by atoms with Gasteiger partial charge in [0, 0.05) is 12.1 Å². The lowest BCUT2D eigenvalue weighted by atomic mass is 10.1. The molecule has 0 aliphatic rings. The highest BCUT2D eigenvalue weighted by Crippen LogP contribution is 2.30. The molecule has 0 radical (unpaired) electrons. The lowest BCUT2D eigenvalue weighted by molar-refractivity contribution is -0.385. The molecule has 0 aliphatic heterocycles. The summed E-state index contributed by atoms with van der Waals surface area (Å²) in [6.45, 7) is 3.73. The van der Waals surface area contributed by atoms with E-state index in [-0.39, 0.29) is 27.0 Å². The number of benzene rings is 3. The highest BCUT2D eigenvalue weighted by Gasteiger charge is 2.23. The number of sulfonamides is 1. The normalized spacial score (nSPS) is 11.8. The van der Waals surface area contributed by atoms with Crippen LogP contribution in [0.2, 0.25) is 5.02 Å². The minimum atomic E-state index is -4.21. The number of hydrazone groups is 1. The van der Waals surface area contributed by atoms with E-state index in [2.05, 4.69) is 15.2 Å². The lowest BCUT2D eigenvalue weighted by Gasteiger charge is -2.13. The van der Waals surface area contributed by atoms with Crippen molar-refractivity contribution in [1.82, 2.24) is 0 Å². The zero-order valence-corrected chi connectivity index (χ0v) is 18.2. The van der Waals surface area contributed by atoms with Gasteiger partial charge in [-0.2, -0.15) is 5.10 Å². The molecule has 2 N–H and O–H groups in total. The number of anilines is 2. The van der Waals surface area contributed by atoms with Crippen molar-refractivity contribution in [2.75, 3.05) is 10.1 Å². The van der Waals surface area contributed by atoms with E-state index in [4.69, 9.17) is 11.6 Å². The van der Waals surface area contributed by atoms with E-state index in [1.165, 1.54) is 24.3 Å². The second-order valence-electron chi connectivity index (χ2n) is 6.70. The highest BCUT2D eigenvalue weighted by atomic mass is 35.5. The van der Waals surface area contributed by atoms with E-state index in [0.717, 1.165) is 17.2 Å². The van der Waals surface area contributed by atoms with Crippen molar-refractivity contribution in [3.05, 3.63) is 93.0 Å². The Morgan fingerprint density at radius 2 is 1.71 bits per heavy atom. The van der Waals surface area contributed by atoms with E-state index >= 15 is 0 Å². The minimum absolute atomic E-state index is 0.0802. The summed E-state index contributed by atoms with van der Waals surface area (Å²) in [5.74, 6) is 0. The molecule has 31 heavy (non-hydrogen) atoms.